The average Bonchev–Trinajstić information content (AvgIpc) is 2.82. The van der Waals surface area contributed by atoms with Crippen molar-refractivity contribution in [3.8, 4) is 11.3 Å². The third kappa shape index (κ3) is 1.37. The molecule has 0 aliphatic rings. The summed E-state index contributed by atoms with van der Waals surface area (Å²) in [7, 11) is 0. The number of aryl methyl sites for hydroxylation is 1. The topological polar surface area (TPSA) is 41.6 Å². The molecule has 0 radical (unpaired) electrons. The van der Waals surface area contributed by atoms with Crippen molar-refractivity contribution in [3.63, 3.8) is 0 Å². The Morgan fingerprint density at radius 3 is 2.88 bits per heavy atom. The number of nitrogens with one attached hydrogen (secondary N) is 1. The van der Waals surface area contributed by atoms with E-state index in [1.165, 1.54) is 10.9 Å². The van der Waals surface area contributed by atoms with Gasteiger partial charge in [-0.3, -0.25) is 5.10 Å². The number of pyridine rings is 1. The predicted octanol–water partition coefficient (Wildman–Crippen LogP) is 2.93. The molecule has 2 heterocycles. The van der Waals surface area contributed by atoms with Gasteiger partial charge in [0.05, 0.1) is 17.4 Å². The molecule has 0 aliphatic heterocycles. The Balaban J connectivity index is 2.29. The SMILES string of the molecule is Cc1cc(-c2cn[nH]c2)nc2ccccc12. The van der Waals surface area contributed by atoms with Crippen molar-refractivity contribution in [2.45, 2.75) is 6.92 Å². The van der Waals surface area contributed by atoms with Crippen LogP contribution in [0.3, 0.4) is 0 Å². The first-order valence-electron chi connectivity index (χ1n) is 5.20. The number of hydrogen-bond acceptors (Lipinski definition) is 2. The molecule has 0 saturated heterocycles. The van der Waals surface area contributed by atoms with Gasteiger partial charge in [0.2, 0.25) is 0 Å². The average molecular weight is 209 g/mol. The molecule has 0 spiro atoms. The minimum absolute atomic E-state index is 0.963. The normalized spacial score (nSPS) is 10.8. The molecule has 0 saturated carbocycles. The number of nitrogens with zero attached hydrogens (tertiary/aromatic N) is 2. The van der Waals surface area contributed by atoms with E-state index in [-0.39, 0.29) is 0 Å². The van der Waals surface area contributed by atoms with Crippen molar-refractivity contribution in [1.82, 2.24) is 15.2 Å². The van der Waals surface area contributed by atoms with Gasteiger partial charge in [-0.1, -0.05) is 18.2 Å². The second kappa shape index (κ2) is 3.45. The monoisotopic (exact) mass is 209 g/mol. The molecule has 2 aromatic heterocycles. The van der Waals surface area contributed by atoms with Crippen molar-refractivity contribution in [1.29, 1.82) is 0 Å². The van der Waals surface area contributed by atoms with Crippen molar-refractivity contribution >= 4 is 10.9 Å². The molecule has 1 aromatic carbocycles. The number of para-hydroxylation sites is 1. The fraction of sp³-hybridized carbons (Fsp3) is 0.0769. The van der Waals surface area contributed by atoms with Gasteiger partial charge in [0.15, 0.2) is 0 Å². The maximum atomic E-state index is 4.62. The van der Waals surface area contributed by atoms with Gasteiger partial charge in [-0.25, -0.2) is 4.98 Å². The highest BCUT2D eigenvalue weighted by Gasteiger charge is 2.04. The third-order valence-electron chi connectivity index (χ3n) is 2.72. The molecule has 0 fully saturated rings. The zero-order chi connectivity index (χ0) is 11.0. The van der Waals surface area contributed by atoms with Crippen LogP contribution in [0, 0.1) is 6.92 Å². The van der Waals surface area contributed by atoms with Crippen LogP contribution in [-0.2, 0) is 0 Å². The van der Waals surface area contributed by atoms with Crippen molar-refractivity contribution < 1.29 is 0 Å². The second-order valence-corrected chi connectivity index (χ2v) is 3.83. The first-order valence-corrected chi connectivity index (χ1v) is 5.20. The standard InChI is InChI=1S/C13H11N3/c1-9-6-13(10-7-14-15-8-10)16-12-5-3-2-4-11(9)12/h2-8H,1H3,(H,14,15). The van der Waals surface area contributed by atoms with Gasteiger partial charge < -0.3 is 0 Å². The second-order valence-electron chi connectivity index (χ2n) is 3.83. The van der Waals surface area contributed by atoms with E-state index in [1.807, 2.05) is 24.4 Å². The summed E-state index contributed by atoms with van der Waals surface area (Å²) >= 11 is 0. The number of fused-ring (bicyclic) bond motifs is 1. The third-order valence-corrected chi connectivity index (χ3v) is 2.72. The Labute approximate surface area is 93.2 Å². The van der Waals surface area contributed by atoms with Gasteiger partial charge in [-0.05, 0) is 24.6 Å². The molecule has 1 N–H and O–H groups in total. The Morgan fingerprint density at radius 2 is 2.06 bits per heavy atom. The summed E-state index contributed by atoms with van der Waals surface area (Å²) in [5.41, 5.74) is 4.25. The van der Waals surface area contributed by atoms with E-state index >= 15 is 0 Å². The van der Waals surface area contributed by atoms with Crippen LogP contribution in [0.2, 0.25) is 0 Å². The van der Waals surface area contributed by atoms with Gasteiger partial charge in [-0.2, -0.15) is 5.10 Å². The van der Waals surface area contributed by atoms with Crippen molar-refractivity contribution in [3.05, 3.63) is 48.3 Å². The molecule has 0 bridgehead atoms. The largest absolute Gasteiger partial charge is 0.285 e. The zero-order valence-electron chi connectivity index (χ0n) is 8.94. The molecule has 0 atom stereocenters. The molecule has 3 nitrogen and oxygen atoms in total. The minimum atomic E-state index is 0.963. The molecule has 0 aliphatic carbocycles. The lowest BCUT2D eigenvalue weighted by Crippen LogP contribution is -1.87. The molecular weight excluding hydrogens is 198 g/mol. The Morgan fingerprint density at radius 1 is 1.19 bits per heavy atom. The minimum Gasteiger partial charge on any atom is -0.285 e. The predicted molar refractivity (Wildman–Crippen MR) is 64.1 cm³/mol. The summed E-state index contributed by atoms with van der Waals surface area (Å²) in [6.45, 7) is 2.10. The summed E-state index contributed by atoms with van der Waals surface area (Å²) < 4.78 is 0. The summed E-state index contributed by atoms with van der Waals surface area (Å²) in [5.74, 6) is 0. The number of aromatic amines is 1. The first kappa shape index (κ1) is 9.09. The van der Waals surface area contributed by atoms with Crippen LogP contribution in [0.5, 0.6) is 0 Å². The molecule has 0 unspecified atom stereocenters. The summed E-state index contributed by atoms with van der Waals surface area (Å²) in [5, 5.41) is 7.95. The lowest BCUT2D eigenvalue weighted by molar-refractivity contribution is 1.09. The Hall–Kier alpha value is -2.16. The molecule has 3 aromatic rings. The van der Waals surface area contributed by atoms with Gasteiger partial charge in [0.25, 0.3) is 0 Å². The molecular formula is C13H11N3. The fourth-order valence-corrected chi connectivity index (χ4v) is 1.89. The quantitative estimate of drug-likeness (QED) is 0.669. The maximum Gasteiger partial charge on any atom is 0.0743 e. The van der Waals surface area contributed by atoms with E-state index in [4.69, 9.17) is 0 Å². The molecule has 0 amide bonds. The summed E-state index contributed by atoms with van der Waals surface area (Å²) in [4.78, 5) is 4.62. The van der Waals surface area contributed by atoms with Crippen LogP contribution >= 0.6 is 0 Å². The summed E-state index contributed by atoms with van der Waals surface area (Å²) in [6, 6.07) is 10.3. The highest BCUT2D eigenvalue weighted by atomic mass is 15.1. The smallest absolute Gasteiger partial charge is 0.0743 e. The number of aromatic nitrogens is 3. The van der Waals surface area contributed by atoms with Crippen LogP contribution in [-0.4, -0.2) is 15.2 Å². The van der Waals surface area contributed by atoms with E-state index in [1.54, 1.807) is 6.20 Å². The fourth-order valence-electron chi connectivity index (χ4n) is 1.89. The van der Waals surface area contributed by atoms with Crippen LogP contribution in [0.1, 0.15) is 5.56 Å². The maximum absolute atomic E-state index is 4.62. The molecule has 16 heavy (non-hydrogen) atoms. The van der Waals surface area contributed by atoms with Gasteiger partial charge >= 0.3 is 0 Å². The molecule has 3 heteroatoms. The number of benzene rings is 1. The van der Waals surface area contributed by atoms with Crippen LogP contribution in [0.4, 0.5) is 0 Å². The first-order chi connectivity index (χ1) is 7.84. The van der Waals surface area contributed by atoms with Gasteiger partial charge in [0.1, 0.15) is 0 Å². The summed E-state index contributed by atoms with van der Waals surface area (Å²) in [6.07, 6.45) is 3.65. The highest BCUT2D eigenvalue weighted by Crippen LogP contribution is 2.23. The van der Waals surface area contributed by atoms with Crippen LogP contribution in [0.15, 0.2) is 42.7 Å². The molecule has 3 rings (SSSR count). The van der Waals surface area contributed by atoms with Gasteiger partial charge in [0, 0.05) is 17.1 Å². The lowest BCUT2D eigenvalue weighted by atomic mass is 10.1. The van der Waals surface area contributed by atoms with E-state index in [9.17, 15) is 0 Å². The lowest BCUT2D eigenvalue weighted by Gasteiger charge is -2.04. The van der Waals surface area contributed by atoms with Crippen molar-refractivity contribution in [2.75, 3.05) is 0 Å². The van der Waals surface area contributed by atoms with E-state index in [0.717, 1.165) is 16.8 Å². The Bertz CT molecular complexity index is 627. The van der Waals surface area contributed by atoms with E-state index < -0.39 is 0 Å². The van der Waals surface area contributed by atoms with E-state index in [0.29, 0.717) is 0 Å². The van der Waals surface area contributed by atoms with E-state index in [2.05, 4.69) is 34.2 Å². The Kier molecular flexibility index (Phi) is 1.96. The van der Waals surface area contributed by atoms with Crippen molar-refractivity contribution in [2.24, 2.45) is 0 Å². The van der Waals surface area contributed by atoms with Gasteiger partial charge in [-0.15, -0.1) is 0 Å². The van der Waals surface area contributed by atoms with Crippen LogP contribution in [0.25, 0.3) is 22.2 Å². The number of rotatable bonds is 1. The zero-order valence-corrected chi connectivity index (χ0v) is 8.94. The number of hydrogen-bond donors (Lipinski definition) is 1. The molecule has 78 valence electrons. The van der Waals surface area contributed by atoms with Crippen LogP contribution < -0.4 is 0 Å². The highest BCUT2D eigenvalue weighted by molar-refractivity contribution is 5.84. The number of H-pyrrole nitrogens is 1.